The van der Waals surface area contributed by atoms with Crippen molar-refractivity contribution in [3.05, 3.63) is 107 Å². The summed E-state index contributed by atoms with van der Waals surface area (Å²) in [7, 11) is 1.47. The lowest BCUT2D eigenvalue weighted by atomic mass is 9.97. The number of benzene rings is 4. The summed E-state index contributed by atoms with van der Waals surface area (Å²) in [6, 6.07) is 22.6. The van der Waals surface area contributed by atoms with Gasteiger partial charge in [0.2, 0.25) is 0 Å². The van der Waals surface area contributed by atoms with Crippen LogP contribution in [0.5, 0.6) is 0 Å². The second-order valence-electron chi connectivity index (χ2n) is 11.8. The number of likely N-dealkylation sites (N-methyl/N-ethyl adjacent to an activating group) is 1. The van der Waals surface area contributed by atoms with Crippen LogP contribution >= 0.6 is 0 Å². The fourth-order valence-electron chi connectivity index (χ4n) is 5.59. The number of rotatable bonds is 11. The second kappa shape index (κ2) is 14.2. The van der Waals surface area contributed by atoms with E-state index in [4.69, 9.17) is 4.74 Å². The van der Waals surface area contributed by atoms with E-state index < -0.39 is 30.1 Å². The van der Waals surface area contributed by atoms with E-state index in [1.54, 1.807) is 12.1 Å². The zero-order chi connectivity index (χ0) is 32.0. The molecule has 44 heavy (non-hydrogen) atoms. The summed E-state index contributed by atoms with van der Waals surface area (Å²) in [4.78, 5) is 41.4. The van der Waals surface area contributed by atoms with Crippen LogP contribution in [0.3, 0.4) is 0 Å². The number of anilines is 2. The smallest absolute Gasteiger partial charge is 0.329 e. The number of ether oxygens (including phenoxy) is 1. The highest BCUT2D eigenvalue weighted by Crippen LogP contribution is 2.28. The molecule has 0 aromatic heterocycles. The van der Waals surface area contributed by atoms with Crippen molar-refractivity contribution in [1.29, 1.82) is 0 Å². The highest BCUT2D eigenvalue weighted by molar-refractivity contribution is 6.10. The lowest BCUT2D eigenvalue weighted by molar-refractivity contribution is -0.149. The summed E-state index contributed by atoms with van der Waals surface area (Å²) in [5.41, 5.74) is 4.98. The van der Waals surface area contributed by atoms with Crippen LogP contribution in [0.2, 0.25) is 0 Å². The highest BCUT2D eigenvalue weighted by Gasteiger charge is 2.37. The number of carboxylic acids is 1. The molecular formula is C36H41N3O5. The maximum absolute atomic E-state index is 14.1. The number of hydrogen-bond acceptors (Lipinski definition) is 4. The number of aliphatic carboxylic acids is 1. The normalized spacial score (nSPS) is 12.5. The number of nitrogens with one attached hydrogen (secondary N) is 2. The summed E-state index contributed by atoms with van der Waals surface area (Å²) in [6.07, 6.45) is -0.337. The van der Waals surface area contributed by atoms with Crippen molar-refractivity contribution in [2.45, 2.75) is 59.8 Å². The fourth-order valence-corrected chi connectivity index (χ4v) is 5.59. The van der Waals surface area contributed by atoms with Gasteiger partial charge in [-0.1, -0.05) is 86.1 Å². The fraction of sp³-hybridized carbons (Fsp3) is 0.306. The Labute approximate surface area is 259 Å². The third-order valence-corrected chi connectivity index (χ3v) is 7.63. The van der Waals surface area contributed by atoms with E-state index in [1.165, 1.54) is 11.9 Å². The molecule has 2 atom stereocenters. The Morgan fingerprint density at radius 2 is 1.43 bits per heavy atom. The molecule has 4 rings (SSSR count). The number of carboxylic acid groups (broad SMARTS) is 1. The average molecular weight is 596 g/mol. The van der Waals surface area contributed by atoms with E-state index in [2.05, 4.69) is 10.6 Å². The van der Waals surface area contributed by atoms with Crippen LogP contribution in [-0.2, 0) is 16.1 Å². The molecule has 4 aromatic carbocycles. The third kappa shape index (κ3) is 7.82. The van der Waals surface area contributed by atoms with E-state index >= 15 is 0 Å². The Balaban J connectivity index is 1.67. The summed E-state index contributed by atoms with van der Waals surface area (Å²) < 4.78 is 6.18. The SMILES string of the molecule is Cc1cc(C)c(NC(=O)Nc2cc3ccccc3cc2C(=O)N(C)[C@H](C(=O)O)[C@@H](CC(C)C)OCc2ccccc2)c(C)c1. The van der Waals surface area contributed by atoms with Gasteiger partial charge in [-0.15, -0.1) is 0 Å². The first-order chi connectivity index (χ1) is 20.9. The van der Waals surface area contributed by atoms with Crippen LogP contribution in [0.4, 0.5) is 16.2 Å². The van der Waals surface area contributed by atoms with Crippen molar-refractivity contribution in [3.63, 3.8) is 0 Å². The van der Waals surface area contributed by atoms with E-state index in [1.807, 2.05) is 101 Å². The predicted molar refractivity (Wildman–Crippen MR) is 175 cm³/mol. The number of urea groups is 1. The zero-order valence-corrected chi connectivity index (χ0v) is 26.2. The van der Waals surface area contributed by atoms with E-state index in [9.17, 15) is 19.5 Å². The number of aryl methyl sites for hydroxylation is 3. The van der Waals surface area contributed by atoms with Crippen LogP contribution in [-0.4, -0.2) is 47.1 Å². The number of hydrogen-bond donors (Lipinski definition) is 3. The molecule has 8 nitrogen and oxygen atoms in total. The lowest BCUT2D eigenvalue weighted by Crippen LogP contribution is -2.51. The largest absolute Gasteiger partial charge is 0.480 e. The number of nitrogens with zero attached hydrogens (tertiary/aromatic N) is 1. The molecule has 3 amide bonds. The zero-order valence-electron chi connectivity index (χ0n) is 26.2. The maximum Gasteiger partial charge on any atom is 0.329 e. The van der Waals surface area contributed by atoms with Crippen LogP contribution in [0, 0.1) is 26.7 Å². The molecule has 0 saturated heterocycles. The molecule has 0 aliphatic heterocycles. The molecule has 0 radical (unpaired) electrons. The van der Waals surface area contributed by atoms with Crippen LogP contribution in [0.1, 0.15) is 52.9 Å². The Morgan fingerprint density at radius 1 is 0.841 bits per heavy atom. The standard InChI is InChI=1S/C36H41N3O5/c1-22(2)16-31(44-21-26-12-8-7-9-13-26)33(35(41)42)39(6)34(40)29-19-27-14-10-11-15-28(27)20-30(29)37-36(43)38-32-24(4)17-23(3)18-25(32)5/h7-15,17-20,22,31,33H,16,21H2,1-6H3,(H,41,42)(H2,37,38,43)/t31-,33+/m1/s1. The predicted octanol–water partition coefficient (Wildman–Crippen LogP) is 7.57. The van der Waals surface area contributed by atoms with Gasteiger partial charge in [0.1, 0.15) is 0 Å². The van der Waals surface area contributed by atoms with Crippen molar-refractivity contribution in [1.82, 2.24) is 4.90 Å². The number of carbonyl (C=O) groups excluding carboxylic acids is 2. The first-order valence-corrected chi connectivity index (χ1v) is 14.8. The van der Waals surface area contributed by atoms with E-state index in [0.29, 0.717) is 12.1 Å². The minimum atomic E-state index is -1.26. The first kappa shape index (κ1) is 32.2. The van der Waals surface area contributed by atoms with Gasteiger partial charge in [0.05, 0.1) is 24.0 Å². The highest BCUT2D eigenvalue weighted by atomic mass is 16.5. The molecule has 0 aliphatic carbocycles. The van der Waals surface area contributed by atoms with Gasteiger partial charge in [-0.05, 0) is 72.7 Å². The molecule has 4 aromatic rings. The van der Waals surface area contributed by atoms with Crippen LogP contribution in [0.15, 0.2) is 78.9 Å². The third-order valence-electron chi connectivity index (χ3n) is 7.63. The molecule has 230 valence electrons. The van der Waals surface area contributed by atoms with Gasteiger partial charge in [-0.2, -0.15) is 0 Å². The molecule has 3 N–H and O–H groups in total. The van der Waals surface area contributed by atoms with Gasteiger partial charge >= 0.3 is 12.0 Å². The summed E-state index contributed by atoms with van der Waals surface area (Å²) in [5, 5.41) is 17.8. The molecule has 0 fully saturated rings. The molecule has 0 bridgehead atoms. The van der Waals surface area contributed by atoms with Gasteiger partial charge in [-0.3, -0.25) is 4.79 Å². The van der Waals surface area contributed by atoms with E-state index in [0.717, 1.165) is 33.0 Å². The Kier molecular flexibility index (Phi) is 10.4. The molecule has 8 heteroatoms. The average Bonchev–Trinajstić information content (AvgIpc) is 2.97. The van der Waals surface area contributed by atoms with Crippen molar-refractivity contribution < 1.29 is 24.2 Å². The Bertz CT molecular complexity index is 1630. The number of fused-ring (bicyclic) bond motifs is 1. The van der Waals surface area contributed by atoms with Crippen molar-refractivity contribution >= 4 is 40.1 Å². The minimum Gasteiger partial charge on any atom is -0.480 e. The molecule has 0 heterocycles. The van der Waals surface area contributed by atoms with Crippen molar-refractivity contribution in [2.24, 2.45) is 5.92 Å². The summed E-state index contributed by atoms with van der Waals surface area (Å²) in [6.45, 7) is 10.0. The van der Waals surface area contributed by atoms with E-state index in [-0.39, 0.29) is 23.8 Å². The van der Waals surface area contributed by atoms with Gasteiger partial charge in [0.15, 0.2) is 6.04 Å². The van der Waals surface area contributed by atoms with Crippen LogP contribution < -0.4 is 10.6 Å². The Morgan fingerprint density at radius 3 is 2.02 bits per heavy atom. The topological polar surface area (TPSA) is 108 Å². The van der Waals surface area contributed by atoms with Gasteiger partial charge < -0.3 is 25.4 Å². The lowest BCUT2D eigenvalue weighted by Gasteiger charge is -2.33. The Hall–Kier alpha value is -4.69. The molecular weight excluding hydrogens is 554 g/mol. The molecule has 0 saturated carbocycles. The van der Waals surface area contributed by atoms with Gasteiger partial charge in [0, 0.05) is 12.7 Å². The second-order valence-corrected chi connectivity index (χ2v) is 11.8. The summed E-state index contributed by atoms with van der Waals surface area (Å²) >= 11 is 0. The first-order valence-electron chi connectivity index (χ1n) is 14.8. The molecule has 0 aliphatic rings. The maximum atomic E-state index is 14.1. The monoisotopic (exact) mass is 595 g/mol. The number of amides is 3. The summed E-state index contributed by atoms with van der Waals surface area (Å²) in [5.74, 6) is -1.59. The van der Waals surface area contributed by atoms with Crippen molar-refractivity contribution in [2.75, 3.05) is 17.7 Å². The quantitative estimate of drug-likeness (QED) is 0.166. The van der Waals surface area contributed by atoms with Gasteiger partial charge in [-0.25, -0.2) is 9.59 Å². The van der Waals surface area contributed by atoms with Crippen LogP contribution in [0.25, 0.3) is 10.8 Å². The molecule has 0 unspecified atom stereocenters. The minimum absolute atomic E-state index is 0.122. The van der Waals surface area contributed by atoms with Crippen molar-refractivity contribution in [3.8, 4) is 0 Å². The number of carbonyl (C=O) groups is 3. The molecule has 0 spiro atoms. The van der Waals surface area contributed by atoms with Gasteiger partial charge in [0.25, 0.3) is 5.91 Å².